The van der Waals surface area contributed by atoms with Crippen molar-refractivity contribution in [3.8, 4) is 11.5 Å². The van der Waals surface area contributed by atoms with Gasteiger partial charge >= 0.3 is 0 Å². The molecule has 1 N–H and O–H groups in total. The van der Waals surface area contributed by atoms with E-state index in [1.165, 1.54) is 11.3 Å². The summed E-state index contributed by atoms with van der Waals surface area (Å²) in [5.74, 6) is 1.33. The van der Waals surface area contributed by atoms with E-state index in [1.807, 2.05) is 13.0 Å². The first kappa shape index (κ1) is 14.4. The van der Waals surface area contributed by atoms with E-state index in [0.717, 1.165) is 10.4 Å². The lowest BCUT2D eigenvalue weighted by atomic mass is 10.1. The van der Waals surface area contributed by atoms with Crippen LogP contribution in [0.15, 0.2) is 34.5 Å². The molecule has 0 saturated heterocycles. The summed E-state index contributed by atoms with van der Waals surface area (Å²) in [4.78, 5) is 0.964. The highest BCUT2D eigenvalue weighted by molar-refractivity contribution is 7.91. The first-order chi connectivity index (χ1) is 9.95. The second kappa shape index (κ2) is 5.32. The molecule has 0 amide bonds. The highest BCUT2D eigenvalue weighted by Crippen LogP contribution is 2.34. The Labute approximate surface area is 127 Å². The number of hydrogen-bond donors (Lipinski definition) is 1. The van der Waals surface area contributed by atoms with E-state index in [9.17, 15) is 8.42 Å². The molecule has 2 heterocycles. The molecule has 0 spiro atoms. The van der Waals surface area contributed by atoms with Gasteiger partial charge in [-0.3, -0.25) is 0 Å². The smallest absolute Gasteiger partial charge is 0.250 e. The van der Waals surface area contributed by atoms with Crippen LogP contribution in [0.5, 0.6) is 11.5 Å². The molecule has 7 heteroatoms. The number of nitrogens with one attached hydrogen (secondary N) is 1. The second-order valence-corrected chi connectivity index (χ2v) is 8.05. The third-order valence-corrected chi connectivity index (χ3v) is 6.24. The predicted octanol–water partition coefficient (Wildman–Crippen LogP) is 2.82. The van der Waals surface area contributed by atoms with Gasteiger partial charge in [-0.2, -0.15) is 0 Å². The molecule has 1 aromatic heterocycles. The van der Waals surface area contributed by atoms with Crippen LogP contribution in [-0.4, -0.2) is 15.2 Å². The zero-order valence-electron chi connectivity index (χ0n) is 11.6. The Kier molecular flexibility index (Phi) is 3.64. The van der Waals surface area contributed by atoms with Crippen molar-refractivity contribution in [2.24, 2.45) is 0 Å². The minimum Gasteiger partial charge on any atom is -0.454 e. The van der Waals surface area contributed by atoms with Crippen LogP contribution in [0.1, 0.15) is 23.4 Å². The Morgan fingerprint density at radius 2 is 1.95 bits per heavy atom. The maximum absolute atomic E-state index is 12.3. The lowest BCUT2D eigenvalue weighted by Crippen LogP contribution is -2.26. The van der Waals surface area contributed by atoms with E-state index in [4.69, 9.17) is 9.47 Å². The number of aryl methyl sites for hydroxylation is 1. The Morgan fingerprint density at radius 3 is 2.67 bits per heavy atom. The summed E-state index contributed by atoms with van der Waals surface area (Å²) in [5.41, 5.74) is 0.830. The summed E-state index contributed by atoms with van der Waals surface area (Å²) in [7, 11) is -3.50. The van der Waals surface area contributed by atoms with Crippen molar-refractivity contribution < 1.29 is 17.9 Å². The number of fused-ring (bicyclic) bond motifs is 1. The Balaban J connectivity index is 1.81. The Morgan fingerprint density at radius 1 is 1.19 bits per heavy atom. The summed E-state index contributed by atoms with van der Waals surface area (Å²) < 4.78 is 38.2. The topological polar surface area (TPSA) is 64.6 Å². The van der Waals surface area contributed by atoms with Crippen LogP contribution in [0, 0.1) is 6.92 Å². The van der Waals surface area contributed by atoms with Gasteiger partial charge in [0, 0.05) is 10.9 Å². The van der Waals surface area contributed by atoms with Crippen LogP contribution in [-0.2, 0) is 10.0 Å². The van der Waals surface area contributed by atoms with Crippen molar-refractivity contribution in [3.05, 3.63) is 40.8 Å². The molecule has 0 saturated carbocycles. The van der Waals surface area contributed by atoms with Crippen LogP contribution in [0.25, 0.3) is 0 Å². The molecule has 112 valence electrons. The zero-order valence-corrected chi connectivity index (χ0v) is 13.3. The van der Waals surface area contributed by atoms with E-state index in [-0.39, 0.29) is 12.8 Å². The number of thiophene rings is 1. The normalized spacial score (nSPS) is 15.1. The van der Waals surface area contributed by atoms with Crippen LogP contribution in [0.4, 0.5) is 0 Å². The molecule has 21 heavy (non-hydrogen) atoms. The quantitative estimate of drug-likeness (QED) is 0.939. The van der Waals surface area contributed by atoms with Crippen molar-refractivity contribution >= 4 is 21.4 Å². The predicted molar refractivity (Wildman–Crippen MR) is 80.4 cm³/mol. The second-order valence-electron chi connectivity index (χ2n) is 4.82. The highest BCUT2D eigenvalue weighted by Gasteiger charge is 2.22. The highest BCUT2D eigenvalue weighted by atomic mass is 32.2. The SMILES string of the molecule is Cc1ccc(S(=O)(=O)N[C@H](C)c2ccc3c(c2)OCO3)s1. The van der Waals surface area contributed by atoms with Gasteiger partial charge in [0.05, 0.1) is 0 Å². The van der Waals surface area contributed by atoms with Gasteiger partial charge < -0.3 is 9.47 Å². The molecular weight excluding hydrogens is 310 g/mol. The standard InChI is InChI=1S/C14H15NO4S2/c1-9-3-6-14(20-9)21(16,17)15-10(2)11-4-5-12-13(7-11)19-8-18-12/h3-7,10,15H,8H2,1-2H3/t10-/m1/s1. The van der Waals surface area contributed by atoms with E-state index >= 15 is 0 Å². The molecule has 0 aliphatic carbocycles. The molecule has 0 bridgehead atoms. The summed E-state index contributed by atoms with van der Waals surface area (Å²) >= 11 is 1.26. The largest absolute Gasteiger partial charge is 0.454 e. The van der Waals surface area contributed by atoms with Gasteiger partial charge in [0.1, 0.15) is 4.21 Å². The molecular formula is C14H15NO4S2. The number of hydrogen-bond acceptors (Lipinski definition) is 5. The van der Waals surface area contributed by atoms with E-state index in [2.05, 4.69) is 4.72 Å². The van der Waals surface area contributed by atoms with E-state index < -0.39 is 10.0 Å². The molecule has 0 radical (unpaired) electrons. The van der Waals surface area contributed by atoms with Crippen LogP contribution in [0.3, 0.4) is 0 Å². The Hall–Kier alpha value is -1.57. The molecule has 3 rings (SSSR count). The molecule has 1 aromatic carbocycles. The van der Waals surface area contributed by atoms with Crippen molar-refractivity contribution in [3.63, 3.8) is 0 Å². The number of ether oxygens (including phenoxy) is 2. The maximum atomic E-state index is 12.3. The monoisotopic (exact) mass is 325 g/mol. The third kappa shape index (κ3) is 2.90. The zero-order chi connectivity index (χ0) is 15.0. The molecule has 1 aliphatic rings. The van der Waals surface area contributed by atoms with Gasteiger partial charge in [0.2, 0.25) is 6.79 Å². The van der Waals surface area contributed by atoms with Crippen molar-refractivity contribution in [2.45, 2.75) is 24.1 Å². The molecule has 0 unspecified atom stereocenters. The maximum Gasteiger partial charge on any atom is 0.250 e. The van der Waals surface area contributed by atoms with Gasteiger partial charge in [-0.05, 0) is 43.7 Å². The minimum atomic E-state index is -3.50. The lowest BCUT2D eigenvalue weighted by Gasteiger charge is -2.14. The van der Waals surface area contributed by atoms with Crippen LogP contribution in [0.2, 0.25) is 0 Å². The first-order valence-electron chi connectivity index (χ1n) is 6.44. The number of benzene rings is 1. The van der Waals surface area contributed by atoms with Gasteiger partial charge in [-0.1, -0.05) is 6.07 Å². The Bertz CT molecular complexity index is 767. The molecule has 5 nitrogen and oxygen atoms in total. The van der Waals surface area contributed by atoms with E-state index in [1.54, 1.807) is 31.2 Å². The summed E-state index contributed by atoms with van der Waals surface area (Å²) in [6.07, 6.45) is 0. The van der Waals surface area contributed by atoms with Gasteiger partial charge in [-0.15, -0.1) is 11.3 Å². The van der Waals surface area contributed by atoms with E-state index in [0.29, 0.717) is 15.7 Å². The average Bonchev–Trinajstić information content (AvgIpc) is 3.05. The molecule has 0 fully saturated rings. The molecule has 1 atom stereocenters. The van der Waals surface area contributed by atoms with Crippen molar-refractivity contribution in [1.29, 1.82) is 0 Å². The van der Waals surface area contributed by atoms with Gasteiger partial charge in [0.15, 0.2) is 11.5 Å². The fourth-order valence-electron chi connectivity index (χ4n) is 2.10. The van der Waals surface area contributed by atoms with Gasteiger partial charge in [0.25, 0.3) is 10.0 Å². The molecule has 1 aliphatic heterocycles. The number of sulfonamides is 1. The minimum absolute atomic E-state index is 0.202. The summed E-state index contributed by atoms with van der Waals surface area (Å²) in [5, 5.41) is 0. The van der Waals surface area contributed by atoms with Crippen LogP contribution < -0.4 is 14.2 Å². The lowest BCUT2D eigenvalue weighted by molar-refractivity contribution is 0.174. The average molecular weight is 325 g/mol. The fourth-order valence-corrected chi connectivity index (χ4v) is 4.63. The summed E-state index contributed by atoms with van der Waals surface area (Å²) in [6, 6.07) is 8.49. The fraction of sp³-hybridized carbons (Fsp3) is 0.286. The van der Waals surface area contributed by atoms with Crippen molar-refractivity contribution in [2.75, 3.05) is 6.79 Å². The summed E-state index contributed by atoms with van der Waals surface area (Å²) in [6.45, 7) is 3.88. The molecule has 2 aromatic rings. The van der Waals surface area contributed by atoms with Gasteiger partial charge in [-0.25, -0.2) is 13.1 Å². The first-order valence-corrected chi connectivity index (χ1v) is 8.74. The van der Waals surface area contributed by atoms with Crippen molar-refractivity contribution in [1.82, 2.24) is 4.72 Å². The van der Waals surface area contributed by atoms with Crippen LogP contribution >= 0.6 is 11.3 Å². The third-order valence-electron chi connectivity index (χ3n) is 3.21. The number of rotatable bonds is 4.